The fraction of sp³-hybridized carbons (Fsp3) is 0.0526. The summed E-state index contributed by atoms with van der Waals surface area (Å²) in [5.41, 5.74) is 6.60. The number of thiazole rings is 1. The monoisotopic (exact) mass is 387 g/mol. The highest BCUT2D eigenvalue weighted by Gasteiger charge is 2.08. The molecule has 3 nitrogen and oxygen atoms in total. The van der Waals surface area contributed by atoms with E-state index in [2.05, 4.69) is 15.5 Å². The number of hydrazone groups is 1. The number of hydrogen-bond acceptors (Lipinski definition) is 4. The highest BCUT2D eigenvalue weighted by molar-refractivity contribution is 7.14. The van der Waals surface area contributed by atoms with E-state index in [9.17, 15) is 0 Å². The summed E-state index contributed by atoms with van der Waals surface area (Å²) in [6.45, 7) is 1.93. The molecule has 0 fully saturated rings. The fourth-order valence-electron chi connectivity index (χ4n) is 2.10. The Morgan fingerprint density at radius 2 is 1.96 bits per heavy atom. The SMILES string of the molecule is CC(/C=C/c1ccccc1)=N\Nc1nc(-c2ccc(Cl)cc2Cl)cs1. The smallest absolute Gasteiger partial charge is 0.203 e. The lowest BCUT2D eigenvalue weighted by Crippen LogP contribution is -1.94. The van der Waals surface area contributed by atoms with Gasteiger partial charge in [0.2, 0.25) is 5.13 Å². The standard InChI is InChI=1S/C19H15Cl2N3S/c1-13(7-8-14-5-3-2-4-6-14)23-24-19-22-18(12-25-19)16-10-9-15(20)11-17(16)21/h2-12H,1H3,(H,22,24)/b8-7+,23-13+. The summed E-state index contributed by atoms with van der Waals surface area (Å²) in [6.07, 6.45) is 3.97. The molecule has 1 aromatic heterocycles. The molecule has 0 radical (unpaired) electrons. The lowest BCUT2D eigenvalue weighted by Gasteiger charge is -2.00. The molecule has 0 saturated heterocycles. The Balaban J connectivity index is 1.68. The minimum absolute atomic E-state index is 0.579. The van der Waals surface area contributed by atoms with Gasteiger partial charge in [-0.3, -0.25) is 5.43 Å². The fourth-order valence-corrected chi connectivity index (χ4v) is 3.26. The maximum atomic E-state index is 6.22. The summed E-state index contributed by atoms with van der Waals surface area (Å²) in [4.78, 5) is 4.51. The number of halogens is 2. The Bertz CT molecular complexity index is 917. The Morgan fingerprint density at radius 1 is 1.16 bits per heavy atom. The number of nitrogens with one attached hydrogen (secondary N) is 1. The second kappa shape index (κ2) is 8.30. The molecule has 0 aliphatic heterocycles. The van der Waals surface area contributed by atoms with Crippen molar-refractivity contribution < 1.29 is 0 Å². The van der Waals surface area contributed by atoms with E-state index in [0.717, 1.165) is 22.5 Å². The Hall–Kier alpha value is -2.14. The molecule has 3 aromatic rings. The van der Waals surface area contributed by atoms with E-state index in [1.807, 2.05) is 60.9 Å². The summed E-state index contributed by atoms with van der Waals surface area (Å²) in [7, 11) is 0. The topological polar surface area (TPSA) is 37.3 Å². The molecular weight excluding hydrogens is 373 g/mol. The van der Waals surface area contributed by atoms with Crippen molar-refractivity contribution in [2.24, 2.45) is 5.10 Å². The molecule has 0 bridgehead atoms. The lowest BCUT2D eigenvalue weighted by molar-refractivity contribution is 1.28. The molecule has 1 N–H and O–H groups in total. The maximum absolute atomic E-state index is 6.22. The first-order chi connectivity index (χ1) is 12.1. The molecule has 6 heteroatoms. The maximum Gasteiger partial charge on any atom is 0.203 e. The molecule has 2 aromatic carbocycles. The third-order valence-electron chi connectivity index (χ3n) is 3.36. The van der Waals surface area contributed by atoms with Crippen molar-refractivity contribution in [2.75, 3.05) is 5.43 Å². The lowest BCUT2D eigenvalue weighted by atomic mass is 10.2. The van der Waals surface area contributed by atoms with Crippen LogP contribution in [-0.4, -0.2) is 10.7 Å². The molecule has 0 spiro atoms. The summed E-state index contributed by atoms with van der Waals surface area (Å²) < 4.78 is 0. The molecule has 126 valence electrons. The second-order valence-corrected chi connectivity index (χ2v) is 6.97. The summed E-state index contributed by atoms with van der Waals surface area (Å²) in [5.74, 6) is 0. The third-order valence-corrected chi connectivity index (χ3v) is 4.65. The zero-order valence-corrected chi connectivity index (χ0v) is 15.7. The van der Waals surface area contributed by atoms with E-state index in [-0.39, 0.29) is 0 Å². The van der Waals surface area contributed by atoms with Crippen molar-refractivity contribution >= 4 is 51.5 Å². The number of hydrogen-bond donors (Lipinski definition) is 1. The summed E-state index contributed by atoms with van der Waals surface area (Å²) in [6, 6.07) is 15.5. The Morgan fingerprint density at radius 3 is 2.72 bits per heavy atom. The summed E-state index contributed by atoms with van der Waals surface area (Å²) >= 11 is 13.6. The van der Waals surface area contributed by atoms with Gasteiger partial charge in [-0.2, -0.15) is 5.10 Å². The van der Waals surface area contributed by atoms with Gasteiger partial charge < -0.3 is 0 Å². The third kappa shape index (κ3) is 4.92. The van der Waals surface area contributed by atoms with Crippen molar-refractivity contribution in [3.05, 3.63) is 75.6 Å². The van der Waals surface area contributed by atoms with Gasteiger partial charge in [0.15, 0.2) is 0 Å². The van der Waals surface area contributed by atoms with Crippen LogP contribution < -0.4 is 5.43 Å². The van der Waals surface area contributed by atoms with Gasteiger partial charge in [-0.1, -0.05) is 59.6 Å². The number of rotatable bonds is 5. The number of anilines is 1. The summed E-state index contributed by atoms with van der Waals surface area (Å²) in [5, 5.41) is 8.14. The van der Waals surface area contributed by atoms with Gasteiger partial charge in [-0.15, -0.1) is 11.3 Å². The molecule has 25 heavy (non-hydrogen) atoms. The van der Waals surface area contributed by atoms with Gasteiger partial charge in [0.05, 0.1) is 16.4 Å². The van der Waals surface area contributed by atoms with Crippen LogP contribution in [0, 0.1) is 0 Å². The van der Waals surface area contributed by atoms with Crippen LogP contribution in [0.15, 0.2) is 65.1 Å². The zero-order chi connectivity index (χ0) is 17.6. The molecule has 0 atom stereocenters. The van der Waals surface area contributed by atoms with Gasteiger partial charge in [0.1, 0.15) is 0 Å². The number of nitrogens with zero attached hydrogens (tertiary/aromatic N) is 2. The molecule has 0 aliphatic carbocycles. The molecule has 0 amide bonds. The van der Waals surface area contributed by atoms with E-state index >= 15 is 0 Å². The Kier molecular flexibility index (Phi) is 5.87. The zero-order valence-electron chi connectivity index (χ0n) is 13.4. The van der Waals surface area contributed by atoms with Crippen molar-refractivity contribution in [1.82, 2.24) is 4.98 Å². The van der Waals surface area contributed by atoms with Gasteiger partial charge in [0, 0.05) is 16.0 Å². The first-order valence-electron chi connectivity index (χ1n) is 7.56. The number of benzene rings is 2. The van der Waals surface area contributed by atoms with E-state index in [4.69, 9.17) is 23.2 Å². The Labute approximate surface area is 160 Å². The van der Waals surface area contributed by atoms with Crippen LogP contribution in [0.2, 0.25) is 10.0 Å². The van der Waals surface area contributed by atoms with Crippen molar-refractivity contribution in [3.8, 4) is 11.3 Å². The molecule has 0 saturated carbocycles. The quantitative estimate of drug-likeness (QED) is 0.394. The van der Waals surface area contributed by atoms with E-state index in [1.54, 1.807) is 12.1 Å². The van der Waals surface area contributed by atoms with Crippen molar-refractivity contribution in [1.29, 1.82) is 0 Å². The number of allylic oxidation sites excluding steroid dienone is 1. The van der Waals surface area contributed by atoms with Crippen LogP contribution >= 0.6 is 34.5 Å². The minimum atomic E-state index is 0.579. The van der Waals surface area contributed by atoms with Gasteiger partial charge >= 0.3 is 0 Å². The molecular formula is C19H15Cl2N3S. The van der Waals surface area contributed by atoms with Crippen molar-refractivity contribution in [3.63, 3.8) is 0 Å². The van der Waals surface area contributed by atoms with Crippen LogP contribution in [-0.2, 0) is 0 Å². The average molecular weight is 388 g/mol. The first-order valence-corrected chi connectivity index (χ1v) is 9.20. The normalized spacial score (nSPS) is 11.9. The second-order valence-electron chi connectivity index (χ2n) is 5.27. The van der Waals surface area contributed by atoms with Gasteiger partial charge in [0.25, 0.3) is 0 Å². The minimum Gasteiger partial charge on any atom is -0.252 e. The molecule has 3 rings (SSSR count). The average Bonchev–Trinajstić information content (AvgIpc) is 3.08. The predicted molar refractivity (Wildman–Crippen MR) is 110 cm³/mol. The number of aromatic nitrogens is 1. The molecule has 0 aliphatic rings. The van der Waals surface area contributed by atoms with Crippen LogP contribution in [0.3, 0.4) is 0 Å². The largest absolute Gasteiger partial charge is 0.252 e. The highest BCUT2D eigenvalue weighted by atomic mass is 35.5. The van der Waals surface area contributed by atoms with Crippen LogP contribution in [0.25, 0.3) is 17.3 Å². The van der Waals surface area contributed by atoms with E-state index in [1.165, 1.54) is 11.3 Å². The highest BCUT2D eigenvalue weighted by Crippen LogP contribution is 2.32. The predicted octanol–water partition coefficient (Wildman–Crippen LogP) is 6.62. The molecule has 1 heterocycles. The van der Waals surface area contributed by atoms with Crippen LogP contribution in [0.4, 0.5) is 5.13 Å². The van der Waals surface area contributed by atoms with E-state index in [0.29, 0.717) is 15.2 Å². The van der Waals surface area contributed by atoms with Gasteiger partial charge in [-0.25, -0.2) is 4.98 Å². The van der Waals surface area contributed by atoms with Crippen LogP contribution in [0.1, 0.15) is 12.5 Å². The van der Waals surface area contributed by atoms with Crippen molar-refractivity contribution in [2.45, 2.75) is 6.92 Å². The van der Waals surface area contributed by atoms with Crippen LogP contribution in [0.5, 0.6) is 0 Å². The first kappa shape index (κ1) is 17.7. The van der Waals surface area contributed by atoms with E-state index < -0.39 is 0 Å². The van der Waals surface area contributed by atoms with Gasteiger partial charge in [-0.05, 0) is 36.8 Å². The molecule has 0 unspecified atom stereocenters.